The average Bonchev–Trinajstić information content (AvgIpc) is 2.06. The van der Waals surface area contributed by atoms with Crippen LogP contribution >= 0.6 is 15.9 Å². The summed E-state index contributed by atoms with van der Waals surface area (Å²) in [4.78, 5) is 0.897. The minimum Gasteiger partial charge on any atom is -0.255 e. The summed E-state index contributed by atoms with van der Waals surface area (Å²) in [5, 5.41) is 0.974. The highest BCUT2D eigenvalue weighted by molar-refractivity contribution is 9.09. The molecule has 0 radical (unpaired) electrons. The lowest BCUT2D eigenvalue weighted by atomic mass is 10.2. The second-order valence-electron chi connectivity index (χ2n) is 2.54. The number of hydrogen-bond donors (Lipinski definition) is 0. The van der Waals surface area contributed by atoms with E-state index in [1.54, 1.807) is 6.26 Å². The van der Waals surface area contributed by atoms with E-state index in [1.807, 2.05) is 24.3 Å². The Bertz CT molecular complexity index is 268. The number of alkyl halides is 1. The van der Waals surface area contributed by atoms with Gasteiger partial charge in [-0.2, -0.15) is 0 Å². The molecule has 12 heavy (non-hydrogen) atoms. The number of rotatable bonds is 3. The quantitative estimate of drug-likeness (QED) is 0.749. The van der Waals surface area contributed by atoms with Gasteiger partial charge < -0.3 is 0 Å². The van der Waals surface area contributed by atoms with Gasteiger partial charge in [0.25, 0.3) is 0 Å². The maximum Gasteiger partial charge on any atom is 0.0498 e. The van der Waals surface area contributed by atoms with E-state index in [-0.39, 0.29) is 0 Å². The molecule has 0 N–H and O–H groups in total. The van der Waals surface area contributed by atoms with Gasteiger partial charge in [0.2, 0.25) is 0 Å². The van der Waals surface area contributed by atoms with E-state index in [4.69, 9.17) is 0 Å². The van der Waals surface area contributed by atoms with Gasteiger partial charge >= 0.3 is 0 Å². The van der Waals surface area contributed by atoms with E-state index < -0.39 is 10.8 Å². The second kappa shape index (κ2) is 4.77. The van der Waals surface area contributed by atoms with Crippen LogP contribution in [0, 0.1) is 0 Å². The third-order valence-corrected chi connectivity index (χ3v) is 2.97. The van der Waals surface area contributed by atoms with E-state index >= 15 is 0 Å². The summed E-state index contributed by atoms with van der Waals surface area (Å²) in [6, 6.07) is 7.90. The van der Waals surface area contributed by atoms with Crippen molar-refractivity contribution in [2.75, 3.05) is 11.6 Å². The molecule has 0 spiro atoms. The first-order valence-corrected chi connectivity index (χ1v) is 6.40. The first-order valence-electron chi connectivity index (χ1n) is 3.72. The fourth-order valence-electron chi connectivity index (χ4n) is 0.957. The van der Waals surface area contributed by atoms with Gasteiger partial charge in [0, 0.05) is 27.3 Å². The van der Waals surface area contributed by atoms with Gasteiger partial charge in [0.15, 0.2) is 0 Å². The monoisotopic (exact) mass is 246 g/mol. The summed E-state index contributed by atoms with van der Waals surface area (Å²) < 4.78 is 11.0. The molecule has 0 aliphatic heterocycles. The van der Waals surface area contributed by atoms with Crippen molar-refractivity contribution in [1.29, 1.82) is 0 Å². The van der Waals surface area contributed by atoms with Crippen molar-refractivity contribution in [3.05, 3.63) is 29.8 Å². The molecule has 0 saturated carbocycles. The van der Waals surface area contributed by atoms with Gasteiger partial charge in [0.1, 0.15) is 0 Å². The molecule has 0 unspecified atom stereocenters. The Morgan fingerprint density at radius 2 is 1.92 bits per heavy atom. The summed E-state index contributed by atoms with van der Waals surface area (Å²) in [5.74, 6) is 0. The minimum absolute atomic E-state index is 0.853. The van der Waals surface area contributed by atoms with Gasteiger partial charge in [-0.15, -0.1) is 0 Å². The first kappa shape index (κ1) is 9.93. The average molecular weight is 247 g/mol. The van der Waals surface area contributed by atoms with Crippen LogP contribution in [0.4, 0.5) is 0 Å². The van der Waals surface area contributed by atoms with Gasteiger partial charge in [0.05, 0.1) is 0 Å². The van der Waals surface area contributed by atoms with Crippen LogP contribution in [0.3, 0.4) is 0 Å². The smallest absolute Gasteiger partial charge is 0.0498 e. The molecule has 0 saturated heterocycles. The highest BCUT2D eigenvalue weighted by atomic mass is 79.9. The molecule has 1 rings (SSSR count). The van der Waals surface area contributed by atoms with Crippen LogP contribution in [0.15, 0.2) is 29.2 Å². The zero-order valence-corrected chi connectivity index (χ0v) is 9.32. The fourth-order valence-corrected chi connectivity index (χ4v) is 1.93. The molecule has 3 heteroatoms. The normalized spacial score (nSPS) is 12.8. The molecular formula is C9H11BrOS. The van der Waals surface area contributed by atoms with E-state index in [0.717, 1.165) is 16.6 Å². The van der Waals surface area contributed by atoms with Gasteiger partial charge in [-0.3, -0.25) is 4.21 Å². The maximum atomic E-state index is 11.0. The van der Waals surface area contributed by atoms with Crippen molar-refractivity contribution in [3.63, 3.8) is 0 Å². The molecule has 1 aromatic carbocycles. The standard InChI is InChI=1S/C9H11BrOS/c1-12(11)9-4-2-8(3-5-9)6-7-10/h2-5H,6-7H2,1H3/t12-/m0/s1. The number of aryl methyl sites for hydroxylation is 1. The Hall–Kier alpha value is -0.150. The van der Waals surface area contributed by atoms with Crippen molar-refractivity contribution in [2.45, 2.75) is 11.3 Å². The topological polar surface area (TPSA) is 17.1 Å². The molecule has 1 atom stereocenters. The molecule has 1 nitrogen and oxygen atoms in total. The van der Waals surface area contributed by atoms with Crippen LogP contribution in [0.2, 0.25) is 0 Å². The summed E-state index contributed by atoms with van der Waals surface area (Å²) in [7, 11) is -0.853. The third kappa shape index (κ3) is 2.72. The predicted molar refractivity (Wildman–Crippen MR) is 56.3 cm³/mol. The molecule has 0 aromatic heterocycles. The van der Waals surface area contributed by atoms with Gasteiger partial charge in [-0.05, 0) is 24.1 Å². The summed E-state index contributed by atoms with van der Waals surface area (Å²) >= 11 is 3.37. The van der Waals surface area contributed by atoms with Crippen LogP contribution in [0.5, 0.6) is 0 Å². The van der Waals surface area contributed by atoms with Gasteiger partial charge in [-0.25, -0.2) is 0 Å². The molecule has 0 fully saturated rings. The molecule has 0 aliphatic carbocycles. The van der Waals surface area contributed by atoms with Crippen LogP contribution in [0.25, 0.3) is 0 Å². The number of halogens is 1. The molecule has 0 bridgehead atoms. The Labute approximate surface area is 83.8 Å². The second-order valence-corrected chi connectivity index (χ2v) is 4.71. The fraction of sp³-hybridized carbons (Fsp3) is 0.333. The van der Waals surface area contributed by atoms with Crippen molar-refractivity contribution in [1.82, 2.24) is 0 Å². The van der Waals surface area contributed by atoms with Gasteiger partial charge in [-0.1, -0.05) is 28.1 Å². The zero-order valence-electron chi connectivity index (χ0n) is 6.92. The van der Waals surface area contributed by atoms with Crippen LogP contribution in [-0.2, 0) is 17.2 Å². The molecule has 66 valence electrons. The zero-order chi connectivity index (χ0) is 8.97. The van der Waals surface area contributed by atoms with Crippen LogP contribution in [-0.4, -0.2) is 15.8 Å². The number of benzene rings is 1. The third-order valence-electron chi connectivity index (χ3n) is 1.64. The Morgan fingerprint density at radius 3 is 2.33 bits per heavy atom. The highest BCUT2D eigenvalue weighted by Crippen LogP contribution is 2.08. The molecule has 0 aliphatic rings. The highest BCUT2D eigenvalue weighted by Gasteiger charge is 1.96. The van der Waals surface area contributed by atoms with Crippen LogP contribution in [0.1, 0.15) is 5.56 Å². The molecule has 0 amide bonds. The van der Waals surface area contributed by atoms with E-state index in [1.165, 1.54) is 5.56 Å². The largest absolute Gasteiger partial charge is 0.255 e. The van der Waals surface area contributed by atoms with Crippen molar-refractivity contribution in [2.24, 2.45) is 0 Å². The predicted octanol–water partition coefficient (Wildman–Crippen LogP) is 2.36. The van der Waals surface area contributed by atoms with Crippen molar-refractivity contribution < 1.29 is 4.21 Å². The Morgan fingerprint density at radius 1 is 1.33 bits per heavy atom. The van der Waals surface area contributed by atoms with Crippen molar-refractivity contribution >= 4 is 26.7 Å². The summed E-state index contributed by atoms with van der Waals surface area (Å²) in [6.07, 6.45) is 2.72. The van der Waals surface area contributed by atoms with E-state index in [9.17, 15) is 4.21 Å². The lowest BCUT2D eigenvalue weighted by Crippen LogP contribution is -1.89. The SMILES string of the molecule is C[S@](=O)c1ccc(CCBr)cc1. The Kier molecular flexibility index (Phi) is 3.95. The maximum absolute atomic E-state index is 11.0. The van der Waals surface area contributed by atoms with E-state index in [0.29, 0.717) is 0 Å². The summed E-state index contributed by atoms with van der Waals surface area (Å²) in [6.45, 7) is 0. The lowest BCUT2D eigenvalue weighted by molar-refractivity contribution is 0.687. The van der Waals surface area contributed by atoms with E-state index in [2.05, 4.69) is 15.9 Å². The Balaban J connectivity index is 2.78. The first-order chi connectivity index (χ1) is 5.74. The molecular weight excluding hydrogens is 236 g/mol. The molecule has 0 heterocycles. The van der Waals surface area contributed by atoms with Crippen molar-refractivity contribution in [3.8, 4) is 0 Å². The van der Waals surface area contributed by atoms with Crippen LogP contribution < -0.4 is 0 Å². The lowest BCUT2D eigenvalue weighted by Gasteiger charge is -1.99. The summed E-state index contributed by atoms with van der Waals surface area (Å²) in [5.41, 5.74) is 1.28. The molecule has 1 aromatic rings. The minimum atomic E-state index is -0.853. The number of hydrogen-bond acceptors (Lipinski definition) is 1.